The van der Waals surface area contributed by atoms with E-state index in [0.717, 1.165) is 25.1 Å². The van der Waals surface area contributed by atoms with Crippen molar-refractivity contribution in [3.8, 4) is 5.75 Å². The summed E-state index contributed by atoms with van der Waals surface area (Å²) >= 11 is 0. The Kier molecular flexibility index (Phi) is 4.37. The number of aliphatic hydroxyl groups is 1. The van der Waals surface area contributed by atoms with Crippen molar-refractivity contribution in [3.05, 3.63) is 28.3 Å². The largest absolute Gasteiger partial charge is 0.491 e. The van der Waals surface area contributed by atoms with Gasteiger partial charge in [0.15, 0.2) is 0 Å². The van der Waals surface area contributed by atoms with Crippen LogP contribution in [0.2, 0.25) is 0 Å². The number of nitro benzene ring substituents is 1. The number of hydrogen-bond acceptors (Lipinski definition) is 5. The lowest BCUT2D eigenvalue weighted by Gasteiger charge is -2.38. The highest BCUT2D eigenvalue weighted by molar-refractivity contribution is 5.58. The summed E-state index contributed by atoms with van der Waals surface area (Å²) < 4.78 is 5.59. The second-order valence-corrected chi connectivity index (χ2v) is 6.13. The molecule has 1 saturated heterocycles. The van der Waals surface area contributed by atoms with E-state index in [1.807, 2.05) is 18.7 Å². The molecule has 0 amide bonds. The van der Waals surface area contributed by atoms with Crippen LogP contribution in [-0.2, 0) is 0 Å². The van der Waals surface area contributed by atoms with Gasteiger partial charge in [-0.3, -0.25) is 10.1 Å². The first-order valence-corrected chi connectivity index (χ1v) is 7.20. The molecule has 0 radical (unpaired) electrons. The summed E-state index contributed by atoms with van der Waals surface area (Å²) in [6.45, 7) is 6.80. The number of β-amino-alcohol motifs (C(OH)–C–C–N with tert-alkyl or cyclic N) is 1. The molecule has 2 rings (SSSR count). The van der Waals surface area contributed by atoms with E-state index in [1.54, 1.807) is 13.0 Å². The Hall–Kier alpha value is -1.82. The molecule has 6 heteroatoms. The average molecular weight is 294 g/mol. The van der Waals surface area contributed by atoms with Gasteiger partial charge in [0, 0.05) is 30.9 Å². The van der Waals surface area contributed by atoms with Crippen LogP contribution in [-0.4, -0.2) is 34.8 Å². The van der Waals surface area contributed by atoms with Crippen LogP contribution in [0.4, 0.5) is 11.4 Å². The van der Waals surface area contributed by atoms with Crippen molar-refractivity contribution in [1.29, 1.82) is 0 Å². The zero-order chi connectivity index (χ0) is 15.6. The summed E-state index contributed by atoms with van der Waals surface area (Å²) in [6.07, 6.45) is 1.55. The Bertz CT molecular complexity index is 528. The first-order chi connectivity index (χ1) is 9.77. The van der Waals surface area contributed by atoms with Gasteiger partial charge in [0.05, 0.1) is 22.7 Å². The maximum Gasteiger partial charge on any atom is 0.275 e. The van der Waals surface area contributed by atoms with Crippen molar-refractivity contribution in [2.45, 2.75) is 45.3 Å². The van der Waals surface area contributed by atoms with Crippen LogP contribution in [0, 0.1) is 10.1 Å². The molecule has 0 aliphatic carbocycles. The van der Waals surface area contributed by atoms with Gasteiger partial charge in [-0.25, -0.2) is 0 Å². The summed E-state index contributed by atoms with van der Waals surface area (Å²) in [5.74, 6) is 0.486. The fourth-order valence-electron chi connectivity index (χ4n) is 2.64. The van der Waals surface area contributed by atoms with Crippen LogP contribution in [0.25, 0.3) is 0 Å². The normalized spacial score (nSPS) is 22.4. The zero-order valence-electron chi connectivity index (χ0n) is 12.7. The zero-order valence-corrected chi connectivity index (χ0v) is 12.7. The molecule has 116 valence electrons. The van der Waals surface area contributed by atoms with E-state index in [2.05, 4.69) is 0 Å². The molecule has 0 bridgehead atoms. The standard InChI is InChI=1S/C15H22N2O4/c1-11(2)21-14-8-12(7-13(9-14)17(19)20)16-6-4-5-15(3,18)10-16/h7-9,11,18H,4-6,10H2,1-3H3. The fraction of sp³-hybridized carbons (Fsp3) is 0.600. The summed E-state index contributed by atoms with van der Waals surface area (Å²) in [7, 11) is 0. The van der Waals surface area contributed by atoms with E-state index in [4.69, 9.17) is 4.74 Å². The number of hydrogen-bond donors (Lipinski definition) is 1. The van der Waals surface area contributed by atoms with Gasteiger partial charge in [0.2, 0.25) is 0 Å². The topological polar surface area (TPSA) is 75.8 Å². The van der Waals surface area contributed by atoms with Crippen LogP contribution in [0.1, 0.15) is 33.6 Å². The van der Waals surface area contributed by atoms with Gasteiger partial charge < -0.3 is 14.7 Å². The van der Waals surface area contributed by atoms with Crippen molar-refractivity contribution in [1.82, 2.24) is 0 Å². The highest BCUT2D eigenvalue weighted by Crippen LogP contribution is 2.32. The van der Waals surface area contributed by atoms with Gasteiger partial charge in [-0.05, 0) is 33.6 Å². The van der Waals surface area contributed by atoms with Crippen molar-refractivity contribution in [2.24, 2.45) is 0 Å². The smallest absolute Gasteiger partial charge is 0.275 e. The van der Waals surface area contributed by atoms with Gasteiger partial charge in [0.1, 0.15) is 5.75 Å². The molecular weight excluding hydrogens is 272 g/mol. The summed E-state index contributed by atoms with van der Waals surface area (Å²) in [4.78, 5) is 12.6. The van der Waals surface area contributed by atoms with Crippen LogP contribution in [0.3, 0.4) is 0 Å². The number of ether oxygens (including phenoxy) is 1. The Morgan fingerprint density at radius 2 is 2.14 bits per heavy atom. The van der Waals surface area contributed by atoms with Crippen molar-refractivity contribution >= 4 is 11.4 Å². The van der Waals surface area contributed by atoms with Crippen molar-refractivity contribution in [3.63, 3.8) is 0 Å². The Labute approximate surface area is 124 Å². The van der Waals surface area contributed by atoms with E-state index in [-0.39, 0.29) is 11.8 Å². The Morgan fingerprint density at radius 1 is 1.43 bits per heavy atom. The fourth-order valence-corrected chi connectivity index (χ4v) is 2.64. The van der Waals surface area contributed by atoms with E-state index < -0.39 is 10.5 Å². The third-order valence-electron chi connectivity index (χ3n) is 3.50. The Balaban J connectivity index is 2.33. The number of benzene rings is 1. The number of piperidine rings is 1. The lowest BCUT2D eigenvalue weighted by Crippen LogP contribution is -2.46. The highest BCUT2D eigenvalue weighted by Gasteiger charge is 2.29. The maximum absolute atomic E-state index is 11.1. The second-order valence-electron chi connectivity index (χ2n) is 6.13. The molecule has 1 atom stereocenters. The molecule has 1 fully saturated rings. The molecule has 1 aromatic carbocycles. The number of rotatable bonds is 4. The number of non-ortho nitro benzene ring substituents is 1. The van der Waals surface area contributed by atoms with Crippen LogP contribution in [0.15, 0.2) is 18.2 Å². The third kappa shape index (κ3) is 4.07. The molecule has 1 aliphatic rings. The number of nitrogens with zero attached hydrogens (tertiary/aromatic N) is 2. The minimum absolute atomic E-state index is 0.00775. The molecule has 1 aliphatic heterocycles. The molecular formula is C15H22N2O4. The van der Waals surface area contributed by atoms with Crippen LogP contribution >= 0.6 is 0 Å². The lowest BCUT2D eigenvalue weighted by atomic mass is 9.95. The molecule has 21 heavy (non-hydrogen) atoms. The van der Waals surface area contributed by atoms with Crippen molar-refractivity contribution in [2.75, 3.05) is 18.0 Å². The van der Waals surface area contributed by atoms with Gasteiger partial charge in [-0.15, -0.1) is 0 Å². The monoisotopic (exact) mass is 294 g/mol. The molecule has 6 nitrogen and oxygen atoms in total. The number of anilines is 1. The quantitative estimate of drug-likeness (QED) is 0.682. The SMILES string of the molecule is CC(C)Oc1cc(N2CCCC(C)(O)C2)cc([N+](=O)[O-])c1. The summed E-state index contributed by atoms with van der Waals surface area (Å²) in [5.41, 5.74) is -0.0322. The first-order valence-electron chi connectivity index (χ1n) is 7.20. The van der Waals surface area contributed by atoms with Gasteiger partial charge >= 0.3 is 0 Å². The predicted molar refractivity (Wildman–Crippen MR) is 80.9 cm³/mol. The molecule has 1 heterocycles. The third-order valence-corrected chi connectivity index (χ3v) is 3.50. The minimum Gasteiger partial charge on any atom is -0.491 e. The van der Waals surface area contributed by atoms with E-state index >= 15 is 0 Å². The second kappa shape index (κ2) is 5.89. The summed E-state index contributed by atoms with van der Waals surface area (Å²) in [6, 6.07) is 4.77. The van der Waals surface area contributed by atoms with Gasteiger partial charge in [-0.2, -0.15) is 0 Å². The van der Waals surface area contributed by atoms with Gasteiger partial charge in [0.25, 0.3) is 5.69 Å². The highest BCUT2D eigenvalue weighted by atomic mass is 16.6. The van der Waals surface area contributed by atoms with E-state index in [1.165, 1.54) is 12.1 Å². The molecule has 0 saturated carbocycles. The van der Waals surface area contributed by atoms with E-state index in [0.29, 0.717) is 12.3 Å². The molecule has 1 unspecified atom stereocenters. The van der Waals surface area contributed by atoms with Crippen molar-refractivity contribution < 1.29 is 14.8 Å². The molecule has 1 aromatic rings. The average Bonchev–Trinajstić information content (AvgIpc) is 2.36. The van der Waals surface area contributed by atoms with Crippen LogP contribution in [0.5, 0.6) is 5.75 Å². The minimum atomic E-state index is -0.762. The molecule has 0 spiro atoms. The molecule has 1 N–H and O–H groups in total. The summed E-state index contributed by atoms with van der Waals surface area (Å²) in [5, 5.41) is 21.3. The number of nitro groups is 1. The lowest BCUT2D eigenvalue weighted by molar-refractivity contribution is -0.384. The van der Waals surface area contributed by atoms with E-state index in [9.17, 15) is 15.2 Å². The predicted octanol–water partition coefficient (Wildman–Crippen LogP) is 2.73. The first kappa shape index (κ1) is 15.6. The maximum atomic E-state index is 11.1. The Morgan fingerprint density at radius 3 is 2.71 bits per heavy atom. The van der Waals surface area contributed by atoms with Crippen LogP contribution < -0.4 is 9.64 Å². The molecule has 0 aromatic heterocycles. The van der Waals surface area contributed by atoms with Gasteiger partial charge in [-0.1, -0.05) is 0 Å².